The van der Waals surface area contributed by atoms with Crippen LogP contribution in [0, 0.1) is 23.7 Å². The lowest BCUT2D eigenvalue weighted by Gasteiger charge is -2.24. The average Bonchev–Trinajstić information content (AvgIpc) is 2.95. The minimum Gasteiger partial charge on any atom is -0.342 e. The van der Waals surface area contributed by atoms with Gasteiger partial charge in [0.2, 0.25) is 5.91 Å². The van der Waals surface area contributed by atoms with E-state index in [2.05, 4.69) is 11.8 Å². The molecule has 90 valence electrons. The Bertz CT molecular complexity index is 278. The zero-order valence-electron chi connectivity index (χ0n) is 10.3. The van der Waals surface area contributed by atoms with Crippen LogP contribution in [0.1, 0.15) is 45.4 Å². The third-order valence-electron chi connectivity index (χ3n) is 4.92. The Hall–Kier alpha value is -0.530. The Morgan fingerprint density at radius 2 is 1.81 bits per heavy atom. The van der Waals surface area contributed by atoms with Crippen molar-refractivity contribution >= 4 is 5.91 Å². The van der Waals surface area contributed by atoms with Crippen molar-refractivity contribution in [1.29, 1.82) is 0 Å². The maximum Gasteiger partial charge on any atom is 0.225 e. The van der Waals surface area contributed by atoms with Crippen molar-refractivity contribution < 1.29 is 4.79 Å². The summed E-state index contributed by atoms with van der Waals surface area (Å²) >= 11 is 0. The van der Waals surface area contributed by atoms with Crippen LogP contribution in [0.5, 0.6) is 0 Å². The summed E-state index contributed by atoms with van der Waals surface area (Å²) in [6.07, 6.45) is 7.56. The molecule has 3 rings (SSSR count). The molecule has 2 heteroatoms. The van der Waals surface area contributed by atoms with Crippen molar-refractivity contribution in [1.82, 2.24) is 4.90 Å². The van der Waals surface area contributed by atoms with Gasteiger partial charge in [0.1, 0.15) is 0 Å². The van der Waals surface area contributed by atoms with Crippen LogP contribution in [-0.4, -0.2) is 23.9 Å². The second-order valence-corrected chi connectivity index (χ2v) is 6.29. The SMILES string of the molecule is CC1CCCN(C(=O)C2CC3CC3C2)CC1. The summed E-state index contributed by atoms with van der Waals surface area (Å²) in [5, 5.41) is 0. The van der Waals surface area contributed by atoms with Gasteiger partial charge in [0, 0.05) is 19.0 Å². The highest BCUT2D eigenvalue weighted by molar-refractivity contribution is 5.79. The van der Waals surface area contributed by atoms with Crippen LogP contribution in [-0.2, 0) is 4.79 Å². The van der Waals surface area contributed by atoms with E-state index >= 15 is 0 Å². The van der Waals surface area contributed by atoms with Gasteiger partial charge in [0.05, 0.1) is 0 Å². The zero-order valence-corrected chi connectivity index (χ0v) is 10.3. The molecule has 0 bridgehead atoms. The number of likely N-dealkylation sites (tertiary alicyclic amines) is 1. The van der Waals surface area contributed by atoms with Crippen LogP contribution in [0.4, 0.5) is 0 Å². The zero-order chi connectivity index (χ0) is 11.1. The highest BCUT2D eigenvalue weighted by Crippen LogP contribution is 2.54. The first-order valence-electron chi connectivity index (χ1n) is 7.03. The predicted octanol–water partition coefficient (Wildman–Crippen LogP) is 2.68. The summed E-state index contributed by atoms with van der Waals surface area (Å²) in [6.45, 7) is 4.36. The molecule has 3 aliphatic rings. The fourth-order valence-corrected chi connectivity index (χ4v) is 3.66. The monoisotopic (exact) mass is 221 g/mol. The maximum atomic E-state index is 12.4. The van der Waals surface area contributed by atoms with Gasteiger partial charge in [-0.25, -0.2) is 0 Å². The Balaban J connectivity index is 1.57. The lowest BCUT2D eigenvalue weighted by Crippen LogP contribution is -2.36. The molecule has 2 saturated carbocycles. The largest absolute Gasteiger partial charge is 0.342 e. The smallest absolute Gasteiger partial charge is 0.225 e. The summed E-state index contributed by atoms with van der Waals surface area (Å²) in [4.78, 5) is 14.5. The van der Waals surface area contributed by atoms with Crippen molar-refractivity contribution in [3.8, 4) is 0 Å². The quantitative estimate of drug-likeness (QED) is 0.666. The molecule has 2 nitrogen and oxygen atoms in total. The predicted molar refractivity (Wildman–Crippen MR) is 63.9 cm³/mol. The fraction of sp³-hybridized carbons (Fsp3) is 0.929. The van der Waals surface area contributed by atoms with Gasteiger partial charge < -0.3 is 4.90 Å². The molecular weight excluding hydrogens is 198 g/mol. The molecule has 0 aromatic rings. The molecule has 1 saturated heterocycles. The van der Waals surface area contributed by atoms with Gasteiger partial charge in [-0.05, 0) is 56.3 Å². The van der Waals surface area contributed by atoms with Gasteiger partial charge in [-0.1, -0.05) is 6.92 Å². The Morgan fingerprint density at radius 3 is 2.56 bits per heavy atom. The average molecular weight is 221 g/mol. The number of carbonyl (C=O) groups excluding carboxylic acids is 1. The van der Waals surface area contributed by atoms with Gasteiger partial charge >= 0.3 is 0 Å². The van der Waals surface area contributed by atoms with Crippen LogP contribution in [0.15, 0.2) is 0 Å². The number of hydrogen-bond donors (Lipinski definition) is 0. The second kappa shape index (κ2) is 4.05. The molecule has 0 aromatic carbocycles. The first-order chi connectivity index (χ1) is 7.74. The van der Waals surface area contributed by atoms with Crippen LogP contribution in [0.25, 0.3) is 0 Å². The van der Waals surface area contributed by atoms with Gasteiger partial charge in [0.25, 0.3) is 0 Å². The standard InChI is InChI=1S/C14H23NO/c1-10-3-2-5-15(6-4-10)14(16)13-8-11-7-12(11)9-13/h10-13H,2-9H2,1H3. The maximum absolute atomic E-state index is 12.4. The number of nitrogens with zero attached hydrogens (tertiary/aromatic N) is 1. The van der Waals surface area contributed by atoms with Crippen molar-refractivity contribution in [2.45, 2.75) is 45.4 Å². The Kier molecular flexibility index (Phi) is 2.68. The first-order valence-corrected chi connectivity index (χ1v) is 7.03. The van der Waals surface area contributed by atoms with E-state index in [0.717, 1.165) is 30.8 Å². The molecule has 0 spiro atoms. The van der Waals surface area contributed by atoms with Crippen LogP contribution < -0.4 is 0 Å². The third-order valence-corrected chi connectivity index (χ3v) is 4.92. The molecule has 1 heterocycles. The minimum atomic E-state index is 0.400. The first kappa shape index (κ1) is 10.6. The molecule has 3 unspecified atom stereocenters. The molecule has 3 fully saturated rings. The molecular formula is C14H23NO. The number of rotatable bonds is 1. The topological polar surface area (TPSA) is 20.3 Å². The van der Waals surface area contributed by atoms with E-state index in [0.29, 0.717) is 11.8 Å². The van der Waals surface area contributed by atoms with E-state index in [1.54, 1.807) is 0 Å². The molecule has 1 aliphatic heterocycles. The minimum absolute atomic E-state index is 0.400. The fourth-order valence-electron chi connectivity index (χ4n) is 3.66. The summed E-state index contributed by atoms with van der Waals surface area (Å²) in [5.41, 5.74) is 0. The summed E-state index contributed by atoms with van der Waals surface area (Å²) < 4.78 is 0. The van der Waals surface area contributed by atoms with Crippen molar-refractivity contribution in [3.63, 3.8) is 0 Å². The van der Waals surface area contributed by atoms with E-state index < -0.39 is 0 Å². The summed E-state index contributed by atoms with van der Waals surface area (Å²) in [7, 11) is 0. The number of fused-ring (bicyclic) bond motifs is 1. The molecule has 3 atom stereocenters. The molecule has 1 amide bonds. The van der Waals surface area contributed by atoms with Gasteiger partial charge in [-0.2, -0.15) is 0 Å². The highest BCUT2D eigenvalue weighted by atomic mass is 16.2. The molecule has 0 aromatic heterocycles. The van der Waals surface area contributed by atoms with Crippen LogP contribution in [0.3, 0.4) is 0 Å². The summed E-state index contributed by atoms with van der Waals surface area (Å²) in [6, 6.07) is 0. The molecule has 16 heavy (non-hydrogen) atoms. The molecule has 2 aliphatic carbocycles. The van der Waals surface area contributed by atoms with Crippen LogP contribution in [0.2, 0.25) is 0 Å². The van der Waals surface area contributed by atoms with Crippen molar-refractivity contribution in [3.05, 3.63) is 0 Å². The normalized spacial score (nSPS) is 42.7. The van der Waals surface area contributed by atoms with Crippen molar-refractivity contribution in [2.24, 2.45) is 23.7 Å². The van der Waals surface area contributed by atoms with Crippen molar-refractivity contribution in [2.75, 3.05) is 13.1 Å². The Labute approximate surface area is 98.4 Å². The van der Waals surface area contributed by atoms with E-state index in [1.165, 1.54) is 38.5 Å². The van der Waals surface area contributed by atoms with Gasteiger partial charge in [0.15, 0.2) is 0 Å². The van der Waals surface area contributed by atoms with E-state index in [9.17, 15) is 4.79 Å². The van der Waals surface area contributed by atoms with E-state index in [-0.39, 0.29) is 0 Å². The second-order valence-electron chi connectivity index (χ2n) is 6.29. The highest BCUT2D eigenvalue weighted by Gasteiger charge is 2.48. The third kappa shape index (κ3) is 1.99. The Morgan fingerprint density at radius 1 is 1.06 bits per heavy atom. The number of amides is 1. The lowest BCUT2D eigenvalue weighted by molar-refractivity contribution is -0.135. The lowest BCUT2D eigenvalue weighted by atomic mass is 10.0. The van der Waals surface area contributed by atoms with E-state index in [1.807, 2.05) is 0 Å². The van der Waals surface area contributed by atoms with Gasteiger partial charge in [-0.3, -0.25) is 4.79 Å². The van der Waals surface area contributed by atoms with Crippen LogP contribution >= 0.6 is 0 Å². The summed E-state index contributed by atoms with van der Waals surface area (Å²) in [5.74, 6) is 3.56. The number of carbonyl (C=O) groups is 1. The molecule has 0 radical (unpaired) electrons. The van der Waals surface area contributed by atoms with Gasteiger partial charge in [-0.15, -0.1) is 0 Å². The number of hydrogen-bond acceptors (Lipinski definition) is 1. The van der Waals surface area contributed by atoms with E-state index in [4.69, 9.17) is 0 Å². The molecule has 0 N–H and O–H groups in total.